The molecule has 0 heterocycles. The van der Waals surface area contributed by atoms with E-state index in [1.54, 1.807) is 11.8 Å². The van der Waals surface area contributed by atoms with E-state index in [0.29, 0.717) is 0 Å². The molecule has 0 aromatic heterocycles. The standard InChI is InChI=1S/C6H13NO2S/c1-6(2,4-10-3)7-5(8)9/h7H,4H2,1-3H3,(H,8,9). The first kappa shape index (κ1) is 9.62. The summed E-state index contributed by atoms with van der Waals surface area (Å²) in [5.74, 6) is 0.791. The Kier molecular flexibility index (Phi) is 3.57. The van der Waals surface area contributed by atoms with Crippen LogP contribution in [0, 0.1) is 0 Å². The van der Waals surface area contributed by atoms with Crippen molar-refractivity contribution in [1.29, 1.82) is 0 Å². The highest BCUT2D eigenvalue weighted by Gasteiger charge is 2.18. The lowest BCUT2D eigenvalue weighted by Gasteiger charge is -2.22. The second kappa shape index (κ2) is 3.71. The van der Waals surface area contributed by atoms with Crippen LogP contribution in [0.3, 0.4) is 0 Å². The van der Waals surface area contributed by atoms with Crippen LogP contribution in [-0.2, 0) is 0 Å². The van der Waals surface area contributed by atoms with Crippen LogP contribution in [0.1, 0.15) is 13.8 Å². The van der Waals surface area contributed by atoms with Gasteiger partial charge in [-0.3, -0.25) is 0 Å². The molecular weight excluding hydrogens is 150 g/mol. The minimum atomic E-state index is -0.959. The first-order chi connectivity index (χ1) is 4.48. The normalized spacial score (nSPS) is 11.1. The zero-order valence-corrected chi connectivity index (χ0v) is 7.29. The number of amides is 1. The van der Waals surface area contributed by atoms with Gasteiger partial charge in [0.2, 0.25) is 0 Å². The summed E-state index contributed by atoms with van der Waals surface area (Å²) >= 11 is 1.62. The molecule has 4 heteroatoms. The molecule has 0 aromatic carbocycles. The molecule has 0 unspecified atom stereocenters. The van der Waals surface area contributed by atoms with E-state index >= 15 is 0 Å². The Hall–Kier alpha value is -0.380. The molecule has 0 radical (unpaired) electrons. The topological polar surface area (TPSA) is 49.3 Å². The second-order valence-corrected chi connectivity index (χ2v) is 3.61. The van der Waals surface area contributed by atoms with Crippen LogP contribution in [0.5, 0.6) is 0 Å². The van der Waals surface area contributed by atoms with E-state index in [4.69, 9.17) is 5.11 Å². The summed E-state index contributed by atoms with van der Waals surface area (Å²) in [4.78, 5) is 10.2. The van der Waals surface area contributed by atoms with Crippen molar-refractivity contribution in [3.8, 4) is 0 Å². The molecule has 0 saturated heterocycles. The maximum Gasteiger partial charge on any atom is 0.405 e. The quantitative estimate of drug-likeness (QED) is 0.661. The highest BCUT2D eigenvalue weighted by atomic mass is 32.2. The molecule has 0 fully saturated rings. The summed E-state index contributed by atoms with van der Waals surface area (Å²) < 4.78 is 0. The number of nitrogens with one attached hydrogen (secondary N) is 1. The molecule has 2 N–H and O–H groups in total. The van der Waals surface area contributed by atoms with Gasteiger partial charge in [-0.2, -0.15) is 11.8 Å². The van der Waals surface area contributed by atoms with Crippen LogP contribution in [-0.4, -0.2) is 28.7 Å². The summed E-state index contributed by atoms with van der Waals surface area (Å²) in [5, 5.41) is 10.8. The first-order valence-corrected chi connectivity index (χ1v) is 4.37. The molecule has 0 aliphatic heterocycles. The van der Waals surface area contributed by atoms with E-state index < -0.39 is 6.09 Å². The fourth-order valence-electron chi connectivity index (χ4n) is 0.686. The lowest BCUT2D eigenvalue weighted by molar-refractivity contribution is 0.185. The third kappa shape index (κ3) is 4.49. The van der Waals surface area contributed by atoms with Crippen molar-refractivity contribution in [2.24, 2.45) is 0 Å². The van der Waals surface area contributed by atoms with Gasteiger partial charge in [0, 0.05) is 11.3 Å². The highest BCUT2D eigenvalue weighted by molar-refractivity contribution is 7.98. The van der Waals surface area contributed by atoms with Crippen molar-refractivity contribution in [3.63, 3.8) is 0 Å². The molecule has 10 heavy (non-hydrogen) atoms. The summed E-state index contributed by atoms with van der Waals surface area (Å²) in [6.45, 7) is 3.72. The Morgan fingerprint density at radius 1 is 1.70 bits per heavy atom. The average Bonchev–Trinajstić information content (AvgIpc) is 1.59. The minimum Gasteiger partial charge on any atom is -0.465 e. The molecule has 0 rings (SSSR count). The van der Waals surface area contributed by atoms with Gasteiger partial charge in [-0.25, -0.2) is 4.79 Å². The van der Waals surface area contributed by atoms with Crippen molar-refractivity contribution in [2.75, 3.05) is 12.0 Å². The molecule has 0 saturated carbocycles. The molecular formula is C6H13NO2S. The highest BCUT2D eigenvalue weighted by Crippen LogP contribution is 2.08. The third-order valence-electron chi connectivity index (χ3n) is 0.951. The van der Waals surface area contributed by atoms with E-state index in [1.807, 2.05) is 20.1 Å². The van der Waals surface area contributed by atoms with Gasteiger partial charge in [-0.1, -0.05) is 0 Å². The smallest absolute Gasteiger partial charge is 0.405 e. The summed E-state index contributed by atoms with van der Waals surface area (Å²) in [6, 6.07) is 0. The molecule has 0 aromatic rings. The Morgan fingerprint density at radius 3 is 2.50 bits per heavy atom. The van der Waals surface area contributed by atoms with E-state index in [-0.39, 0.29) is 5.54 Å². The number of thioether (sulfide) groups is 1. The molecule has 60 valence electrons. The van der Waals surface area contributed by atoms with Crippen LogP contribution in [0.25, 0.3) is 0 Å². The van der Waals surface area contributed by atoms with Crippen LogP contribution >= 0.6 is 11.8 Å². The zero-order valence-electron chi connectivity index (χ0n) is 6.47. The SMILES string of the molecule is CSCC(C)(C)NC(=O)O. The second-order valence-electron chi connectivity index (χ2n) is 2.75. The summed E-state index contributed by atoms with van der Waals surface area (Å²) in [5.41, 5.74) is -0.314. The Balaban J connectivity index is 3.74. The van der Waals surface area contributed by atoms with Gasteiger partial charge in [0.05, 0.1) is 0 Å². The van der Waals surface area contributed by atoms with Crippen LogP contribution in [0.15, 0.2) is 0 Å². The average molecular weight is 163 g/mol. The molecule has 0 aliphatic rings. The Morgan fingerprint density at radius 2 is 2.20 bits per heavy atom. The first-order valence-electron chi connectivity index (χ1n) is 2.98. The molecule has 0 aliphatic carbocycles. The fourth-order valence-corrected chi connectivity index (χ4v) is 1.48. The predicted molar refractivity (Wildman–Crippen MR) is 43.6 cm³/mol. The number of rotatable bonds is 3. The third-order valence-corrected chi connectivity index (χ3v) is 1.96. The van der Waals surface area contributed by atoms with E-state index in [9.17, 15) is 4.79 Å². The van der Waals surface area contributed by atoms with Gasteiger partial charge in [-0.05, 0) is 20.1 Å². The van der Waals surface area contributed by atoms with Crippen LogP contribution < -0.4 is 5.32 Å². The van der Waals surface area contributed by atoms with E-state index in [1.165, 1.54) is 0 Å². The van der Waals surface area contributed by atoms with Gasteiger partial charge in [0.25, 0.3) is 0 Å². The van der Waals surface area contributed by atoms with Crippen molar-refractivity contribution in [2.45, 2.75) is 19.4 Å². The van der Waals surface area contributed by atoms with Crippen molar-refractivity contribution in [1.82, 2.24) is 5.32 Å². The monoisotopic (exact) mass is 163 g/mol. The predicted octanol–water partition coefficient (Wildman–Crippen LogP) is 1.40. The number of hydrogen-bond donors (Lipinski definition) is 2. The van der Waals surface area contributed by atoms with E-state index in [2.05, 4.69) is 5.32 Å². The van der Waals surface area contributed by atoms with E-state index in [0.717, 1.165) is 5.75 Å². The van der Waals surface area contributed by atoms with Crippen LogP contribution in [0.2, 0.25) is 0 Å². The van der Waals surface area contributed by atoms with Gasteiger partial charge in [0.15, 0.2) is 0 Å². The van der Waals surface area contributed by atoms with Gasteiger partial charge in [-0.15, -0.1) is 0 Å². The largest absolute Gasteiger partial charge is 0.465 e. The Labute approximate surface area is 65.2 Å². The molecule has 0 bridgehead atoms. The zero-order chi connectivity index (χ0) is 8.20. The molecule has 0 atom stereocenters. The molecule has 1 amide bonds. The maximum absolute atomic E-state index is 10.2. The van der Waals surface area contributed by atoms with Crippen molar-refractivity contribution < 1.29 is 9.90 Å². The van der Waals surface area contributed by atoms with Gasteiger partial charge in [0.1, 0.15) is 0 Å². The van der Waals surface area contributed by atoms with Crippen molar-refractivity contribution in [3.05, 3.63) is 0 Å². The minimum absolute atomic E-state index is 0.314. The number of carbonyl (C=O) groups is 1. The summed E-state index contributed by atoms with van der Waals surface area (Å²) in [6.07, 6.45) is 0.990. The lowest BCUT2D eigenvalue weighted by atomic mass is 10.1. The van der Waals surface area contributed by atoms with Gasteiger partial charge >= 0.3 is 6.09 Å². The maximum atomic E-state index is 10.2. The molecule has 3 nitrogen and oxygen atoms in total. The fraction of sp³-hybridized carbons (Fsp3) is 0.833. The molecule has 0 spiro atoms. The van der Waals surface area contributed by atoms with Gasteiger partial charge < -0.3 is 10.4 Å². The summed E-state index contributed by atoms with van der Waals surface area (Å²) in [7, 11) is 0. The van der Waals surface area contributed by atoms with Crippen LogP contribution in [0.4, 0.5) is 4.79 Å². The van der Waals surface area contributed by atoms with Crippen molar-refractivity contribution >= 4 is 17.9 Å². The Bertz CT molecular complexity index is 125. The lowest BCUT2D eigenvalue weighted by Crippen LogP contribution is -2.44. The number of hydrogen-bond acceptors (Lipinski definition) is 2. The number of carboxylic acid groups (broad SMARTS) is 1.